The number of hydrogen-bond donors (Lipinski definition) is 1. The largest absolute Gasteiger partial charge is 0.481 e. The molecule has 1 aromatic carbocycles. The van der Waals surface area contributed by atoms with Crippen LogP contribution in [0.15, 0.2) is 30.3 Å². The van der Waals surface area contributed by atoms with E-state index in [0.29, 0.717) is 18.0 Å². The number of carboxylic acid groups (broad SMARTS) is 1. The third-order valence-corrected chi connectivity index (χ3v) is 3.82. The number of carbonyl (C=O) groups is 2. The van der Waals surface area contributed by atoms with Crippen molar-refractivity contribution in [2.45, 2.75) is 13.3 Å². The molecule has 0 bridgehead atoms. The fraction of sp³-hybridized carbons (Fsp3) is 0.333. The maximum Gasteiger partial charge on any atom is 0.308 e. The van der Waals surface area contributed by atoms with Crippen molar-refractivity contribution in [2.24, 2.45) is 5.92 Å². The minimum Gasteiger partial charge on any atom is -0.481 e. The standard InChI is InChI=1S/C15H16ClNO3.ClH/c1-10(12-4-2-3-5-13(12)16)8-14(18)17-7-6-11(9-17)15(19)20;/h2-5,8,11H,6-7,9H2,1H3,(H,19,20);1H/b10-8+;. The highest BCUT2D eigenvalue weighted by molar-refractivity contribution is 6.32. The number of rotatable bonds is 3. The number of aliphatic carboxylic acids is 1. The van der Waals surface area contributed by atoms with E-state index in [1.54, 1.807) is 11.0 Å². The van der Waals surface area contributed by atoms with Gasteiger partial charge in [-0.1, -0.05) is 29.8 Å². The summed E-state index contributed by atoms with van der Waals surface area (Å²) in [6.45, 7) is 2.59. The van der Waals surface area contributed by atoms with E-state index in [2.05, 4.69) is 0 Å². The second-order valence-electron chi connectivity index (χ2n) is 4.92. The molecular formula is C15H17Cl2NO3. The molecule has 2 rings (SSSR count). The van der Waals surface area contributed by atoms with Gasteiger partial charge in [0.15, 0.2) is 0 Å². The zero-order valence-corrected chi connectivity index (χ0v) is 13.2. The first-order chi connectivity index (χ1) is 9.49. The quantitative estimate of drug-likeness (QED) is 0.867. The molecule has 1 atom stereocenters. The van der Waals surface area contributed by atoms with Gasteiger partial charge in [0.1, 0.15) is 0 Å². The fourth-order valence-corrected chi connectivity index (χ4v) is 2.58. The van der Waals surface area contributed by atoms with E-state index in [1.807, 2.05) is 25.1 Å². The summed E-state index contributed by atoms with van der Waals surface area (Å²) in [6, 6.07) is 7.32. The monoisotopic (exact) mass is 329 g/mol. The highest BCUT2D eigenvalue weighted by atomic mass is 35.5. The van der Waals surface area contributed by atoms with Crippen molar-refractivity contribution in [3.63, 3.8) is 0 Å². The fourth-order valence-electron chi connectivity index (χ4n) is 2.30. The van der Waals surface area contributed by atoms with Crippen LogP contribution in [-0.2, 0) is 9.59 Å². The molecule has 0 saturated carbocycles. The van der Waals surface area contributed by atoms with Gasteiger partial charge in [-0.2, -0.15) is 0 Å². The molecule has 1 aliphatic rings. The third kappa shape index (κ3) is 4.22. The lowest BCUT2D eigenvalue weighted by Crippen LogP contribution is -2.28. The summed E-state index contributed by atoms with van der Waals surface area (Å²) in [5.74, 6) is -1.45. The number of amides is 1. The van der Waals surface area contributed by atoms with Crippen LogP contribution in [0.5, 0.6) is 0 Å². The molecule has 4 nitrogen and oxygen atoms in total. The first-order valence-corrected chi connectivity index (χ1v) is 6.81. The number of likely N-dealkylation sites (tertiary alicyclic amines) is 1. The second-order valence-corrected chi connectivity index (χ2v) is 5.32. The summed E-state index contributed by atoms with van der Waals surface area (Å²) in [6.07, 6.45) is 2.03. The number of halogens is 2. The normalized spacial score (nSPS) is 18.3. The summed E-state index contributed by atoms with van der Waals surface area (Å²) in [7, 11) is 0. The highest BCUT2D eigenvalue weighted by Crippen LogP contribution is 2.24. The molecule has 0 radical (unpaired) electrons. The molecule has 1 aliphatic heterocycles. The molecule has 0 aliphatic carbocycles. The molecule has 1 saturated heterocycles. The van der Waals surface area contributed by atoms with Gasteiger partial charge in [-0.15, -0.1) is 12.4 Å². The minimum absolute atomic E-state index is 0. The molecular weight excluding hydrogens is 313 g/mol. The Hall–Kier alpha value is -1.52. The van der Waals surface area contributed by atoms with Gasteiger partial charge in [-0.3, -0.25) is 9.59 Å². The molecule has 1 fully saturated rings. The van der Waals surface area contributed by atoms with Crippen LogP contribution in [-0.4, -0.2) is 35.0 Å². The van der Waals surface area contributed by atoms with Crippen molar-refractivity contribution in [3.05, 3.63) is 40.9 Å². The highest BCUT2D eigenvalue weighted by Gasteiger charge is 2.30. The molecule has 21 heavy (non-hydrogen) atoms. The summed E-state index contributed by atoms with van der Waals surface area (Å²) < 4.78 is 0. The number of benzene rings is 1. The summed E-state index contributed by atoms with van der Waals surface area (Å²) in [4.78, 5) is 24.6. The van der Waals surface area contributed by atoms with Crippen molar-refractivity contribution < 1.29 is 14.7 Å². The van der Waals surface area contributed by atoms with Crippen molar-refractivity contribution >= 4 is 41.5 Å². The van der Waals surface area contributed by atoms with E-state index >= 15 is 0 Å². The van der Waals surface area contributed by atoms with E-state index in [-0.39, 0.29) is 24.9 Å². The molecule has 1 unspecified atom stereocenters. The van der Waals surface area contributed by atoms with Gasteiger partial charge in [0, 0.05) is 24.2 Å². The van der Waals surface area contributed by atoms with Gasteiger partial charge in [0.25, 0.3) is 0 Å². The van der Waals surface area contributed by atoms with Crippen molar-refractivity contribution in [1.82, 2.24) is 4.90 Å². The molecule has 1 N–H and O–H groups in total. The van der Waals surface area contributed by atoms with Crippen LogP contribution in [0.3, 0.4) is 0 Å². The Kier molecular flexibility index (Phi) is 6.24. The maximum atomic E-state index is 12.1. The summed E-state index contributed by atoms with van der Waals surface area (Å²) in [5, 5.41) is 9.53. The summed E-state index contributed by atoms with van der Waals surface area (Å²) in [5.41, 5.74) is 1.59. The van der Waals surface area contributed by atoms with Crippen molar-refractivity contribution in [2.75, 3.05) is 13.1 Å². The molecule has 1 amide bonds. The Balaban J connectivity index is 0.00000220. The van der Waals surface area contributed by atoms with Gasteiger partial charge in [-0.25, -0.2) is 0 Å². The van der Waals surface area contributed by atoms with Crippen molar-refractivity contribution in [3.8, 4) is 0 Å². The topological polar surface area (TPSA) is 57.6 Å². The van der Waals surface area contributed by atoms with E-state index in [1.165, 1.54) is 6.08 Å². The molecule has 1 aromatic rings. The number of carbonyl (C=O) groups excluding carboxylic acids is 1. The lowest BCUT2D eigenvalue weighted by Gasteiger charge is -2.14. The molecule has 0 aromatic heterocycles. The molecule has 0 spiro atoms. The molecule has 1 heterocycles. The SMILES string of the molecule is C/C(=C\C(=O)N1CCC(C(=O)O)C1)c1ccccc1Cl.Cl. The lowest BCUT2D eigenvalue weighted by atomic mass is 10.1. The van der Waals surface area contributed by atoms with Gasteiger partial charge in [0.2, 0.25) is 5.91 Å². The maximum absolute atomic E-state index is 12.1. The molecule has 6 heteroatoms. The van der Waals surface area contributed by atoms with E-state index in [9.17, 15) is 9.59 Å². The number of allylic oxidation sites excluding steroid dienone is 1. The Labute approximate surface area is 134 Å². The predicted molar refractivity (Wildman–Crippen MR) is 84.7 cm³/mol. The number of carboxylic acids is 1. The third-order valence-electron chi connectivity index (χ3n) is 3.49. The predicted octanol–water partition coefficient (Wildman–Crippen LogP) is 3.10. The van der Waals surface area contributed by atoms with Gasteiger partial charge in [0.05, 0.1) is 5.92 Å². The Morgan fingerprint density at radius 3 is 2.62 bits per heavy atom. The van der Waals surface area contributed by atoms with E-state index in [0.717, 1.165) is 11.1 Å². The first-order valence-electron chi connectivity index (χ1n) is 6.44. The number of nitrogens with zero attached hydrogens (tertiary/aromatic N) is 1. The van der Waals surface area contributed by atoms with Crippen LogP contribution < -0.4 is 0 Å². The zero-order valence-electron chi connectivity index (χ0n) is 11.6. The Morgan fingerprint density at radius 2 is 2.05 bits per heavy atom. The van der Waals surface area contributed by atoms with Gasteiger partial charge in [-0.05, 0) is 30.5 Å². The summed E-state index contributed by atoms with van der Waals surface area (Å²) >= 11 is 6.08. The van der Waals surface area contributed by atoms with Gasteiger partial charge < -0.3 is 10.0 Å². The first kappa shape index (κ1) is 17.5. The zero-order chi connectivity index (χ0) is 14.7. The smallest absolute Gasteiger partial charge is 0.308 e. The van der Waals surface area contributed by atoms with Crippen LogP contribution in [0.4, 0.5) is 0 Å². The lowest BCUT2D eigenvalue weighted by molar-refractivity contribution is -0.141. The molecule has 114 valence electrons. The average Bonchev–Trinajstić information content (AvgIpc) is 2.88. The van der Waals surface area contributed by atoms with Crippen LogP contribution in [0.1, 0.15) is 18.9 Å². The van der Waals surface area contributed by atoms with Crippen LogP contribution in [0.25, 0.3) is 5.57 Å². The Bertz CT molecular complexity index is 572. The van der Waals surface area contributed by atoms with Gasteiger partial charge >= 0.3 is 5.97 Å². The van der Waals surface area contributed by atoms with Crippen LogP contribution in [0, 0.1) is 5.92 Å². The van der Waals surface area contributed by atoms with E-state index < -0.39 is 11.9 Å². The van der Waals surface area contributed by atoms with Crippen LogP contribution >= 0.6 is 24.0 Å². The average molecular weight is 330 g/mol. The second kappa shape index (κ2) is 7.48. The van der Waals surface area contributed by atoms with Crippen molar-refractivity contribution in [1.29, 1.82) is 0 Å². The van der Waals surface area contributed by atoms with Crippen LogP contribution in [0.2, 0.25) is 5.02 Å². The Morgan fingerprint density at radius 1 is 1.38 bits per heavy atom. The number of hydrogen-bond acceptors (Lipinski definition) is 2. The minimum atomic E-state index is -0.841. The van der Waals surface area contributed by atoms with E-state index in [4.69, 9.17) is 16.7 Å².